The van der Waals surface area contributed by atoms with Crippen LogP contribution in [0.4, 0.5) is 10.1 Å². The topological polar surface area (TPSA) is 80.1 Å². The lowest BCUT2D eigenvalue weighted by Gasteiger charge is -2.35. The van der Waals surface area contributed by atoms with Gasteiger partial charge in [-0.2, -0.15) is 5.10 Å². The molecule has 6 rings (SSSR count). The molecule has 2 aliphatic rings. The lowest BCUT2D eigenvalue weighted by Crippen LogP contribution is -2.38. The summed E-state index contributed by atoms with van der Waals surface area (Å²) in [5.74, 6) is -0.960. The number of hydrogen-bond donors (Lipinski definition) is 1. The van der Waals surface area contributed by atoms with Crippen LogP contribution < -0.4 is 5.32 Å². The first kappa shape index (κ1) is 28.8. The van der Waals surface area contributed by atoms with Gasteiger partial charge in [0.15, 0.2) is 0 Å². The average molecular weight is 598 g/mol. The highest BCUT2D eigenvalue weighted by Crippen LogP contribution is 2.40. The van der Waals surface area contributed by atoms with Gasteiger partial charge in [0.25, 0.3) is 0 Å². The predicted octanol–water partition coefficient (Wildman–Crippen LogP) is 7.37. The van der Waals surface area contributed by atoms with E-state index in [0.29, 0.717) is 42.5 Å². The fourth-order valence-corrected chi connectivity index (χ4v) is 6.38. The number of hydrogen-bond acceptors (Lipinski definition) is 4. The van der Waals surface area contributed by atoms with E-state index in [1.165, 1.54) is 0 Å². The van der Waals surface area contributed by atoms with E-state index in [-0.39, 0.29) is 28.8 Å². The molecule has 9 heteroatoms. The molecule has 2 bridgehead atoms. The van der Waals surface area contributed by atoms with Crippen molar-refractivity contribution < 1.29 is 14.0 Å². The zero-order chi connectivity index (χ0) is 30.2. The SMILES string of the molecule is Cc1nn(C)cc1-c1ccc(Cl)c(F)c1C1=CC(=O)N([C@H]2CCC[C@@H](C)C(=O)Nc3ccccc3-c3ccnc2c3)CC1. The smallest absolute Gasteiger partial charge is 0.247 e. The van der Waals surface area contributed by atoms with Crippen LogP contribution in [-0.4, -0.2) is 38.0 Å². The van der Waals surface area contributed by atoms with Gasteiger partial charge in [0.2, 0.25) is 11.8 Å². The summed E-state index contributed by atoms with van der Waals surface area (Å²) in [5, 5.41) is 7.53. The van der Waals surface area contributed by atoms with Crippen molar-refractivity contribution in [1.82, 2.24) is 19.7 Å². The second-order valence-electron chi connectivity index (χ2n) is 11.4. The lowest BCUT2D eigenvalue weighted by atomic mass is 9.89. The number of aromatic nitrogens is 3. The van der Waals surface area contributed by atoms with Crippen LogP contribution in [0.15, 0.2) is 67.0 Å². The highest BCUT2D eigenvalue weighted by atomic mass is 35.5. The molecule has 1 N–H and O–H groups in total. The number of rotatable bonds is 3. The minimum Gasteiger partial charge on any atom is -0.330 e. The highest BCUT2D eigenvalue weighted by molar-refractivity contribution is 6.31. The van der Waals surface area contributed by atoms with Crippen molar-refractivity contribution in [3.8, 4) is 22.3 Å². The standard InChI is InChI=1S/C34H33ClFN5O2/c1-20-7-6-10-30(29-17-22(13-15-37-29)24-8-4-5-9-28(24)38-34(20)43)41-16-14-23(18-31(41)42)32-25(11-12-27(35)33(32)36)26-19-40(3)39-21(26)2/h4-5,8-9,11-13,15,17-20,30H,6-7,10,14,16H2,1-3H3,(H,38,43)/t20-,30+/m1/s1. The van der Waals surface area contributed by atoms with E-state index >= 15 is 4.39 Å². The van der Waals surface area contributed by atoms with Gasteiger partial charge in [-0.3, -0.25) is 19.3 Å². The Morgan fingerprint density at radius 3 is 2.63 bits per heavy atom. The predicted molar refractivity (Wildman–Crippen MR) is 167 cm³/mol. The molecule has 2 aromatic carbocycles. The van der Waals surface area contributed by atoms with E-state index < -0.39 is 5.82 Å². The zero-order valence-electron chi connectivity index (χ0n) is 24.4. The van der Waals surface area contributed by atoms with Crippen molar-refractivity contribution in [3.63, 3.8) is 0 Å². The molecule has 220 valence electrons. The Morgan fingerprint density at radius 2 is 1.86 bits per heavy atom. The molecular formula is C34H33ClFN5O2. The first-order valence-corrected chi connectivity index (χ1v) is 15.0. The van der Waals surface area contributed by atoms with Gasteiger partial charge < -0.3 is 10.2 Å². The number of fused-ring (bicyclic) bond motifs is 4. The van der Waals surface area contributed by atoms with E-state index in [1.807, 2.05) is 68.4 Å². The minimum atomic E-state index is -0.541. The van der Waals surface area contributed by atoms with Gasteiger partial charge in [0.05, 0.1) is 22.5 Å². The summed E-state index contributed by atoms with van der Waals surface area (Å²) in [6.45, 7) is 4.20. The van der Waals surface area contributed by atoms with Crippen LogP contribution in [0.25, 0.3) is 27.8 Å². The first-order valence-electron chi connectivity index (χ1n) is 14.6. The molecular weight excluding hydrogens is 565 g/mol. The second kappa shape index (κ2) is 11.8. The van der Waals surface area contributed by atoms with Gasteiger partial charge in [0.1, 0.15) is 5.82 Å². The van der Waals surface area contributed by atoms with Crippen LogP contribution in [0, 0.1) is 18.7 Å². The van der Waals surface area contributed by atoms with Crippen molar-refractivity contribution in [2.45, 2.75) is 45.6 Å². The van der Waals surface area contributed by atoms with Crippen molar-refractivity contribution in [3.05, 3.63) is 94.8 Å². The van der Waals surface area contributed by atoms with Crippen molar-refractivity contribution in [2.24, 2.45) is 13.0 Å². The number of aryl methyl sites for hydroxylation is 2. The summed E-state index contributed by atoms with van der Waals surface area (Å²) in [6, 6.07) is 14.7. The summed E-state index contributed by atoms with van der Waals surface area (Å²) in [7, 11) is 1.82. The Hall–Kier alpha value is -4.30. The molecule has 0 spiro atoms. The highest BCUT2D eigenvalue weighted by Gasteiger charge is 2.31. The van der Waals surface area contributed by atoms with E-state index in [4.69, 9.17) is 16.6 Å². The Bertz CT molecular complexity index is 1760. The quantitative estimate of drug-likeness (QED) is 0.267. The molecule has 0 fully saturated rings. The number of carbonyl (C=O) groups is 2. The fourth-order valence-electron chi connectivity index (χ4n) is 6.22. The number of para-hydroxylation sites is 1. The molecule has 2 aromatic heterocycles. The third kappa shape index (κ3) is 5.59. The van der Waals surface area contributed by atoms with E-state index in [9.17, 15) is 9.59 Å². The Kier molecular flexibility index (Phi) is 7.88. The summed E-state index contributed by atoms with van der Waals surface area (Å²) >= 11 is 6.25. The third-order valence-corrected chi connectivity index (χ3v) is 8.77. The van der Waals surface area contributed by atoms with Gasteiger partial charge >= 0.3 is 0 Å². The number of nitrogens with zero attached hydrogens (tertiary/aromatic N) is 4. The van der Waals surface area contributed by atoms with E-state index in [0.717, 1.165) is 40.2 Å². The largest absolute Gasteiger partial charge is 0.330 e. The number of nitrogens with one attached hydrogen (secondary N) is 1. The lowest BCUT2D eigenvalue weighted by molar-refractivity contribution is -0.129. The van der Waals surface area contributed by atoms with Crippen LogP contribution in [-0.2, 0) is 16.6 Å². The van der Waals surface area contributed by atoms with E-state index in [1.54, 1.807) is 29.1 Å². The molecule has 0 saturated heterocycles. The van der Waals surface area contributed by atoms with Crippen LogP contribution >= 0.6 is 11.6 Å². The summed E-state index contributed by atoms with van der Waals surface area (Å²) < 4.78 is 17.4. The molecule has 0 saturated carbocycles. The Balaban J connectivity index is 1.39. The molecule has 2 aliphatic heterocycles. The fraction of sp³-hybridized carbons (Fsp3) is 0.294. The first-order chi connectivity index (χ1) is 20.7. The maximum atomic E-state index is 15.7. The molecule has 0 unspecified atom stereocenters. The van der Waals surface area contributed by atoms with Gasteiger partial charge in [-0.05, 0) is 67.2 Å². The number of benzene rings is 2. The number of anilines is 1. The Labute approximate surface area is 255 Å². The Morgan fingerprint density at radius 1 is 1.05 bits per heavy atom. The summed E-state index contributed by atoms with van der Waals surface area (Å²) in [5.41, 5.74) is 6.51. The van der Waals surface area contributed by atoms with Crippen molar-refractivity contribution in [2.75, 3.05) is 11.9 Å². The van der Waals surface area contributed by atoms with Gasteiger partial charge in [-0.15, -0.1) is 0 Å². The van der Waals surface area contributed by atoms with Crippen LogP contribution in [0.3, 0.4) is 0 Å². The van der Waals surface area contributed by atoms with Gasteiger partial charge in [0, 0.05) is 60.4 Å². The van der Waals surface area contributed by atoms with Crippen molar-refractivity contribution in [1.29, 1.82) is 0 Å². The second-order valence-corrected chi connectivity index (χ2v) is 11.8. The molecule has 43 heavy (non-hydrogen) atoms. The number of halogens is 2. The monoisotopic (exact) mass is 597 g/mol. The third-order valence-electron chi connectivity index (χ3n) is 8.48. The molecule has 7 nitrogen and oxygen atoms in total. The van der Waals surface area contributed by atoms with Crippen molar-refractivity contribution >= 4 is 34.7 Å². The van der Waals surface area contributed by atoms with Crippen LogP contribution in [0.2, 0.25) is 5.02 Å². The molecule has 2 atom stereocenters. The molecule has 4 heterocycles. The van der Waals surface area contributed by atoms with Gasteiger partial charge in [-0.1, -0.05) is 49.2 Å². The minimum absolute atomic E-state index is 0.00911. The van der Waals surface area contributed by atoms with Crippen LogP contribution in [0.1, 0.15) is 55.6 Å². The van der Waals surface area contributed by atoms with E-state index in [2.05, 4.69) is 10.4 Å². The number of amides is 2. The van der Waals surface area contributed by atoms with Gasteiger partial charge in [-0.25, -0.2) is 4.39 Å². The maximum absolute atomic E-state index is 15.7. The normalized spacial score (nSPS) is 19.2. The molecule has 0 aliphatic carbocycles. The number of carbonyl (C=O) groups excluding carboxylic acids is 2. The molecule has 2 amide bonds. The van der Waals surface area contributed by atoms with Crippen LogP contribution in [0.5, 0.6) is 0 Å². The molecule has 0 radical (unpaired) electrons. The maximum Gasteiger partial charge on any atom is 0.247 e. The molecule has 4 aromatic rings. The average Bonchev–Trinajstić information content (AvgIpc) is 3.34. The summed E-state index contributed by atoms with van der Waals surface area (Å²) in [4.78, 5) is 33.4. The number of pyridine rings is 1. The zero-order valence-corrected chi connectivity index (χ0v) is 25.2. The summed E-state index contributed by atoms with van der Waals surface area (Å²) in [6.07, 6.45) is 7.66.